The fraction of sp³-hybridized carbons (Fsp3) is 0.489. The lowest BCUT2D eigenvalue weighted by Crippen LogP contribution is -2.61. The summed E-state index contributed by atoms with van der Waals surface area (Å²) in [5, 5.41) is 20.0. The van der Waals surface area contributed by atoms with Gasteiger partial charge in [-0.1, -0.05) is 17.7 Å². The van der Waals surface area contributed by atoms with Crippen LogP contribution >= 0.6 is 11.6 Å². The topological polar surface area (TPSA) is 195 Å². The number of fused-ring (bicyclic) bond motifs is 2. The molecular weight excluding hydrogens is 828 g/mol. The number of pyridine rings is 1. The van der Waals surface area contributed by atoms with Crippen LogP contribution in [-0.4, -0.2) is 125 Å². The van der Waals surface area contributed by atoms with Crippen molar-refractivity contribution in [2.24, 2.45) is 11.3 Å². The summed E-state index contributed by atoms with van der Waals surface area (Å²) in [6.45, 7) is 9.96. The molecule has 4 fully saturated rings. The normalized spacial score (nSPS) is 21.5. The van der Waals surface area contributed by atoms with Gasteiger partial charge >= 0.3 is 0 Å². The van der Waals surface area contributed by atoms with E-state index in [1.165, 1.54) is 7.05 Å². The SMILES string of the molecule is CNC(=O)COc1cc2cc(Nc3nc(N4CCC(CN5CCC6(CC5)CN(c5cccc7c5C(=O)N(C5CCC(=O)NC5O)C7=O)C6)CC4)ncc3Cl)ccc2n(C(C)C)c1=O. The number of anilines is 4. The minimum atomic E-state index is -1.28. The Morgan fingerprint density at radius 3 is 2.48 bits per heavy atom. The average Bonchev–Trinajstić information content (AvgIpc) is 3.51. The van der Waals surface area contributed by atoms with Gasteiger partial charge in [0.2, 0.25) is 11.9 Å². The standard InChI is InChI=1S/C45H53ClN10O7/c1-26(2)55-32-8-7-29(19-28(32)20-35(42(55)61)63-23-37(58)47-3)49-39-31(46)21-48-44(51-39)53-15-11-27(12-16-53)22-52-17-13-45(14-18-52)24-54(25-45)33-6-4-5-30-38(33)43(62)56(41(30)60)34-9-10-36(57)50-40(34)59/h4-8,19-21,26-27,34,40,59H,9-18,22-25H2,1-3H3,(H,47,58)(H,50,57)(H,48,49,51). The van der Waals surface area contributed by atoms with Gasteiger partial charge in [-0.3, -0.25) is 28.9 Å². The molecule has 1 spiro atoms. The first-order chi connectivity index (χ1) is 30.3. The van der Waals surface area contributed by atoms with Crippen molar-refractivity contribution in [2.75, 3.05) is 74.6 Å². The second kappa shape index (κ2) is 17.1. The molecule has 0 saturated carbocycles. The number of halogens is 1. The lowest BCUT2D eigenvalue weighted by Gasteiger charge is -2.55. The highest BCUT2D eigenvalue weighted by Gasteiger charge is 2.50. The van der Waals surface area contributed by atoms with Crippen molar-refractivity contribution >= 4 is 69.3 Å². The molecule has 2 aromatic heterocycles. The molecule has 2 aromatic carbocycles. The van der Waals surface area contributed by atoms with Crippen LogP contribution in [0.2, 0.25) is 5.02 Å². The Kier molecular flexibility index (Phi) is 11.5. The quantitative estimate of drug-likeness (QED) is 0.159. The summed E-state index contributed by atoms with van der Waals surface area (Å²) in [6.07, 6.45) is 4.89. The molecule has 18 heteroatoms. The largest absolute Gasteiger partial charge is 0.478 e. The minimum Gasteiger partial charge on any atom is -0.478 e. The maximum absolute atomic E-state index is 13.7. The molecule has 5 aliphatic rings. The van der Waals surface area contributed by atoms with Gasteiger partial charge in [-0.15, -0.1) is 0 Å². The van der Waals surface area contributed by atoms with Crippen molar-refractivity contribution in [1.82, 2.24) is 35.0 Å². The van der Waals surface area contributed by atoms with Gasteiger partial charge in [-0.05, 0) is 101 Å². The number of hydrogen-bond donors (Lipinski definition) is 4. The molecule has 2 atom stereocenters. The number of likely N-dealkylation sites (N-methyl/N-ethyl adjacent to an activating group) is 1. The second-order valence-electron chi connectivity index (χ2n) is 17.9. The Bertz CT molecular complexity index is 2530. The molecule has 2 unspecified atom stereocenters. The summed E-state index contributed by atoms with van der Waals surface area (Å²) in [6, 6.07) is 11.8. The molecule has 332 valence electrons. The van der Waals surface area contributed by atoms with Gasteiger partial charge in [-0.2, -0.15) is 4.98 Å². The molecule has 9 rings (SSSR count). The van der Waals surface area contributed by atoms with Gasteiger partial charge in [-0.25, -0.2) is 4.98 Å². The number of nitrogens with one attached hydrogen (secondary N) is 3. The van der Waals surface area contributed by atoms with Crippen molar-refractivity contribution in [3.05, 3.63) is 75.2 Å². The summed E-state index contributed by atoms with van der Waals surface area (Å²) < 4.78 is 7.27. The van der Waals surface area contributed by atoms with Gasteiger partial charge < -0.3 is 45.1 Å². The van der Waals surface area contributed by atoms with Gasteiger partial charge in [0.15, 0.2) is 18.2 Å². The second-order valence-corrected chi connectivity index (χ2v) is 18.3. The minimum absolute atomic E-state index is 0.0918. The third kappa shape index (κ3) is 8.17. The summed E-state index contributed by atoms with van der Waals surface area (Å²) in [4.78, 5) is 81.6. The Morgan fingerprint density at radius 2 is 1.76 bits per heavy atom. The predicted molar refractivity (Wildman–Crippen MR) is 238 cm³/mol. The van der Waals surface area contributed by atoms with E-state index < -0.39 is 24.1 Å². The zero-order chi connectivity index (χ0) is 44.2. The number of likely N-dealkylation sites (tertiary alicyclic amines) is 1. The molecule has 63 heavy (non-hydrogen) atoms. The number of carbonyl (C=O) groups excluding carboxylic acids is 4. The number of aliphatic hydroxyl groups excluding tert-OH is 1. The monoisotopic (exact) mass is 880 g/mol. The average molecular weight is 881 g/mol. The van der Waals surface area contributed by atoms with Crippen LogP contribution in [0.15, 0.2) is 53.5 Å². The van der Waals surface area contributed by atoms with E-state index in [0.717, 1.165) is 93.0 Å². The molecule has 4 saturated heterocycles. The number of benzene rings is 2. The van der Waals surface area contributed by atoms with Crippen LogP contribution in [0.3, 0.4) is 0 Å². The molecule has 0 bridgehead atoms. The van der Waals surface area contributed by atoms with Crippen LogP contribution in [0.5, 0.6) is 5.75 Å². The number of ether oxygens (including phenoxy) is 1. The number of imide groups is 1. The van der Waals surface area contributed by atoms with Crippen LogP contribution < -0.4 is 36.0 Å². The molecule has 4 amide bonds. The fourth-order valence-electron chi connectivity index (χ4n) is 10.00. The van der Waals surface area contributed by atoms with Crippen LogP contribution in [0.1, 0.15) is 79.1 Å². The number of piperidine rings is 3. The zero-order valence-corrected chi connectivity index (χ0v) is 36.5. The van der Waals surface area contributed by atoms with Gasteiger partial charge in [0.05, 0.1) is 34.6 Å². The van der Waals surface area contributed by atoms with E-state index in [9.17, 15) is 29.1 Å². The van der Waals surface area contributed by atoms with Gasteiger partial charge in [0, 0.05) is 68.7 Å². The van der Waals surface area contributed by atoms with E-state index in [2.05, 4.69) is 35.6 Å². The van der Waals surface area contributed by atoms with Crippen LogP contribution in [0.25, 0.3) is 10.9 Å². The Balaban J connectivity index is 0.777. The Hall–Kier alpha value is -5.78. The molecule has 0 aliphatic carbocycles. The van der Waals surface area contributed by atoms with E-state index in [1.54, 1.807) is 22.9 Å². The van der Waals surface area contributed by atoms with Crippen LogP contribution in [0, 0.1) is 11.3 Å². The third-order valence-electron chi connectivity index (χ3n) is 13.5. The number of aliphatic hydroxyl groups is 1. The number of carbonyl (C=O) groups is 4. The molecule has 17 nitrogen and oxygen atoms in total. The molecule has 5 aliphatic heterocycles. The molecule has 4 aromatic rings. The summed E-state index contributed by atoms with van der Waals surface area (Å²) in [5.41, 5.74) is 2.83. The number of aromatic nitrogens is 3. The molecule has 7 heterocycles. The van der Waals surface area contributed by atoms with Crippen molar-refractivity contribution < 1.29 is 29.0 Å². The summed E-state index contributed by atoms with van der Waals surface area (Å²) in [5.74, 6) is 0.276. The number of rotatable bonds is 11. The van der Waals surface area contributed by atoms with E-state index >= 15 is 0 Å². The highest BCUT2D eigenvalue weighted by molar-refractivity contribution is 6.33. The zero-order valence-electron chi connectivity index (χ0n) is 35.7. The highest BCUT2D eigenvalue weighted by atomic mass is 35.5. The van der Waals surface area contributed by atoms with E-state index in [4.69, 9.17) is 21.3 Å². The molecule has 0 radical (unpaired) electrons. The van der Waals surface area contributed by atoms with E-state index in [1.807, 2.05) is 44.2 Å². The van der Waals surface area contributed by atoms with Gasteiger partial charge in [0.1, 0.15) is 11.3 Å². The lowest BCUT2D eigenvalue weighted by atomic mass is 9.71. The first kappa shape index (κ1) is 42.5. The van der Waals surface area contributed by atoms with Crippen molar-refractivity contribution in [2.45, 2.75) is 70.7 Å². The first-order valence-electron chi connectivity index (χ1n) is 21.8. The molecular formula is C45H53ClN10O7. The Labute approximate surface area is 369 Å². The lowest BCUT2D eigenvalue weighted by molar-refractivity contribution is -0.129. The van der Waals surface area contributed by atoms with Crippen molar-refractivity contribution in [3.8, 4) is 5.75 Å². The fourth-order valence-corrected chi connectivity index (χ4v) is 10.1. The third-order valence-corrected chi connectivity index (χ3v) is 13.7. The Morgan fingerprint density at radius 1 is 1.00 bits per heavy atom. The number of amides is 4. The maximum atomic E-state index is 13.7. The number of nitrogens with zero attached hydrogens (tertiary/aromatic N) is 7. The van der Waals surface area contributed by atoms with E-state index in [-0.39, 0.29) is 54.0 Å². The van der Waals surface area contributed by atoms with Crippen molar-refractivity contribution in [1.29, 1.82) is 0 Å². The summed E-state index contributed by atoms with van der Waals surface area (Å²) in [7, 11) is 1.51. The first-order valence-corrected chi connectivity index (χ1v) is 22.2. The predicted octanol–water partition coefficient (Wildman–Crippen LogP) is 3.91. The van der Waals surface area contributed by atoms with Gasteiger partial charge in [0.25, 0.3) is 23.3 Å². The molecule has 4 N–H and O–H groups in total. The highest BCUT2D eigenvalue weighted by Crippen LogP contribution is 2.46. The van der Waals surface area contributed by atoms with Crippen LogP contribution in [-0.2, 0) is 9.59 Å². The van der Waals surface area contributed by atoms with Crippen molar-refractivity contribution in [3.63, 3.8) is 0 Å². The van der Waals surface area contributed by atoms with Crippen LogP contribution in [0.4, 0.5) is 23.1 Å². The summed E-state index contributed by atoms with van der Waals surface area (Å²) >= 11 is 6.62. The number of hydrogen-bond acceptors (Lipinski definition) is 13. The smallest absolute Gasteiger partial charge is 0.293 e. The van der Waals surface area contributed by atoms with E-state index in [0.29, 0.717) is 39.5 Å². The maximum Gasteiger partial charge on any atom is 0.293 e.